The number of carboxylic acids is 1. The number of halogens is 2. The number of carboxylic acid groups (broad SMARTS) is 1. The van der Waals surface area contributed by atoms with Gasteiger partial charge in [0, 0.05) is 6.07 Å². The number of sulfonamides is 1. The molecule has 0 radical (unpaired) electrons. The van der Waals surface area contributed by atoms with E-state index in [-0.39, 0.29) is 26.4 Å². The lowest BCUT2D eigenvalue weighted by molar-refractivity contribution is 0.0696. The van der Waals surface area contributed by atoms with E-state index >= 15 is 0 Å². The number of rotatable bonds is 5. The van der Waals surface area contributed by atoms with E-state index in [4.69, 9.17) is 9.84 Å². The van der Waals surface area contributed by atoms with Crippen LogP contribution in [0.25, 0.3) is 0 Å². The third kappa shape index (κ3) is 3.80. The van der Waals surface area contributed by atoms with Gasteiger partial charge in [-0.1, -0.05) is 6.07 Å². The molecule has 9 heteroatoms. The van der Waals surface area contributed by atoms with E-state index in [1.165, 1.54) is 25.3 Å². The number of carbonyl (C=O) groups is 1. The third-order valence-corrected chi connectivity index (χ3v) is 4.80. The van der Waals surface area contributed by atoms with Gasteiger partial charge in [0.2, 0.25) is 0 Å². The van der Waals surface area contributed by atoms with Crippen LogP contribution in [0.5, 0.6) is 5.75 Å². The van der Waals surface area contributed by atoms with Gasteiger partial charge in [0.15, 0.2) is 5.75 Å². The number of ether oxygens (including phenoxy) is 1. The molecule has 0 fully saturated rings. The number of benzene rings is 2. The first kappa shape index (κ1) is 17.2. The molecular weight excluding hydrogens is 393 g/mol. The molecule has 0 atom stereocenters. The Kier molecular flexibility index (Phi) is 4.90. The molecule has 0 saturated heterocycles. The van der Waals surface area contributed by atoms with Crippen LogP contribution < -0.4 is 9.46 Å². The first-order chi connectivity index (χ1) is 10.7. The monoisotopic (exact) mass is 403 g/mol. The van der Waals surface area contributed by atoms with Gasteiger partial charge in [-0.15, -0.1) is 0 Å². The molecule has 2 aromatic rings. The Bertz CT molecular complexity index is 869. The average molecular weight is 404 g/mol. The van der Waals surface area contributed by atoms with Crippen molar-refractivity contribution in [1.82, 2.24) is 0 Å². The molecule has 23 heavy (non-hydrogen) atoms. The molecule has 0 aromatic heterocycles. The summed E-state index contributed by atoms with van der Waals surface area (Å²) in [5, 5.41) is 8.93. The van der Waals surface area contributed by atoms with Gasteiger partial charge in [-0.25, -0.2) is 17.6 Å². The molecule has 0 aliphatic carbocycles. The van der Waals surface area contributed by atoms with Gasteiger partial charge in [0.1, 0.15) is 5.82 Å². The molecule has 0 saturated carbocycles. The van der Waals surface area contributed by atoms with Crippen LogP contribution in [-0.4, -0.2) is 26.6 Å². The maximum absolute atomic E-state index is 13.5. The van der Waals surface area contributed by atoms with Crippen LogP contribution >= 0.6 is 15.9 Å². The number of hydrogen-bond donors (Lipinski definition) is 2. The normalized spacial score (nSPS) is 11.1. The van der Waals surface area contributed by atoms with E-state index in [1.807, 2.05) is 0 Å². The van der Waals surface area contributed by atoms with Gasteiger partial charge in [-0.05, 0) is 40.2 Å². The quantitative estimate of drug-likeness (QED) is 0.799. The van der Waals surface area contributed by atoms with Crippen molar-refractivity contribution < 1.29 is 27.4 Å². The highest BCUT2D eigenvalue weighted by atomic mass is 79.9. The third-order valence-electron chi connectivity index (χ3n) is 2.85. The van der Waals surface area contributed by atoms with Crippen molar-refractivity contribution in [3.63, 3.8) is 0 Å². The fraction of sp³-hybridized carbons (Fsp3) is 0.0714. The molecular formula is C14H11BrFNO5S. The predicted molar refractivity (Wildman–Crippen MR) is 84.9 cm³/mol. The van der Waals surface area contributed by atoms with Crippen LogP contribution in [0.2, 0.25) is 0 Å². The Labute approximate surface area is 140 Å². The van der Waals surface area contributed by atoms with Crippen LogP contribution in [-0.2, 0) is 10.0 Å². The summed E-state index contributed by atoms with van der Waals surface area (Å²) in [6, 6.07) is 6.89. The highest BCUT2D eigenvalue weighted by molar-refractivity contribution is 9.10. The Morgan fingerprint density at radius 2 is 2.00 bits per heavy atom. The summed E-state index contributed by atoms with van der Waals surface area (Å²) in [6.07, 6.45) is 0. The molecule has 2 N–H and O–H groups in total. The smallest absolute Gasteiger partial charge is 0.335 e. The van der Waals surface area contributed by atoms with Crippen molar-refractivity contribution in [3.05, 3.63) is 52.3 Å². The van der Waals surface area contributed by atoms with Gasteiger partial charge < -0.3 is 9.84 Å². The SMILES string of the molecule is COc1c(Br)cc(F)cc1NS(=O)(=O)c1cccc(C(=O)O)c1. The molecule has 2 aromatic carbocycles. The van der Waals surface area contributed by atoms with Gasteiger partial charge >= 0.3 is 5.97 Å². The lowest BCUT2D eigenvalue weighted by Crippen LogP contribution is -2.14. The molecule has 6 nitrogen and oxygen atoms in total. The van der Waals surface area contributed by atoms with Crippen molar-refractivity contribution >= 4 is 37.6 Å². The predicted octanol–water partition coefficient (Wildman–Crippen LogP) is 3.10. The molecule has 0 amide bonds. The fourth-order valence-corrected chi connectivity index (χ4v) is 3.54. The standard InChI is InChI=1S/C14H11BrFNO5S/c1-22-13-11(15)6-9(16)7-12(13)17-23(20,21)10-4-2-3-8(5-10)14(18)19/h2-7,17H,1H3,(H,18,19). The molecule has 0 heterocycles. The van der Waals surface area contributed by atoms with E-state index < -0.39 is 21.8 Å². The minimum Gasteiger partial charge on any atom is -0.493 e. The molecule has 122 valence electrons. The van der Waals surface area contributed by atoms with Crippen LogP contribution in [0.1, 0.15) is 10.4 Å². The molecule has 0 aliphatic heterocycles. The van der Waals surface area contributed by atoms with Gasteiger partial charge in [-0.3, -0.25) is 4.72 Å². The number of methoxy groups -OCH3 is 1. The first-order valence-electron chi connectivity index (χ1n) is 6.14. The maximum Gasteiger partial charge on any atom is 0.335 e. The van der Waals surface area contributed by atoms with Crippen LogP contribution in [0.3, 0.4) is 0 Å². The topological polar surface area (TPSA) is 92.7 Å². The number of aromatic carboxylic acids is 1. The zero-order valence-electron chi connectivity index (χ0n) is 11.7. The van der Waals surface area contributed by atoms with Gasteiger partial charge in [0.25, 0.3) is 10.0 Å². The largest absolute Gasteiger partial charge is 0.493 e. The van der Waals surface area contributed by atoms with E-state index in [1.54, 1.807) is 0 Å². The summed E-state index contributed by atoms with van der Waals surface area (Å²) in [6.45, 7) is 0. The van der Waals surface area contributed by atoms with Crippen LogP contribution in [0, 0.1) is 5.82 Å². The second kappa shape index (κ2) is 6.55. The van der Waals surface area contributed by atoms with Crippen molar-refractivity contribution in [2.24, 2.45) is 0 Å². The lowest BCUT2D eigenvalue weighted by atomic mass is 10.2. The summed E-state index contributed by atoms with van der Waals surface area (Å²) in [4.78, 5) is 10.7. The summed E-state index contributed by atoms with van der Waals surface area (Å²) in [7, 11) is -2.81. The highest BCUT2D eigenvalue weighted by Gasteiger charge is 2.20. The second-order valence-corrected chi connectivity index (χ2v) is 6.94. The zero-order chi connectivity index (χ0) is 17.2. The molecule has 0 aliphatic rings. The van der Waals surface area contributed by atoms with Gasteiger partial charge in [0.05, 0.1) is 27.7 Å². The minimum atomic E-state index is -4.12. The van der Waals surface area contributed by atoms with Crippen molar-refractivity contribution in [3.8, 4) is 5.75 Å². The number of hydrogen-bond acceptors (Lipinski definition) is 4. The zero-order valence-corrected chi connectivity index (χ0v) is 14.1. The summed E-state index contributed by atoms with van der Waals surface area (Å²) < 4.78 is 45.7. The van der Waals surface area contributed by atoms with E-state index in [9.17, 15) is 17.6 Å². The number of anilines is 1. The van der Waals surface area contributed by atoms with E-state index in [0.29, 0.717) is 0 Å². The first-order valence-corrected chi connectivity index (χ1v) is 8.41. The Morgan fingerprint density at radius 3 is 2.61 bits per heavy atom. The summed E-state index contributed by atoms with van der Waals surface area (Å²) >= 11 is 3.08. The number of nitrogens with one attached hydrogen (secondary N) is 1. The average Bonchev–Trinajstić information content (AvgIpc) is 2.46. The van der Waals surface area contributed by atoms with Crippen LogP contribution in [0.4, 0.5) is 10.1 Å². The Morgan fingerprint density at radius 1 is 1.30 bits per heavy atom. The summed E-state index contributed by atoms with van der Waals surface area (Å²) in [5.74, 6) is -1.83. The van der Waals surface area contributed by atoms with Crippen LogP contribution in [0.15, 0.2) is 45.8 Å². The summed E-state index contributed by atoms with van der Waals surface area (Å²) in [5.41, 5.74) is -0.291. The van der Waals surface area contributed by atoms with Crippen molar-refractivity contribution in [1.29, 1.82) is 0 Å². The van der Waals surface area contributed by atoms with E-state index in [2.05, 4.69) is 20.7 Å². The van der Waals surface area contributed by atoms with E-state index in [0.717, 1.165) is 18.2 Å². The maximum atomic E-state index is 13.5. The second-order valence-electron chi connectivity index (χ2n) is 4.41. The lowest BCUT2D eigenvalue weighted by Gasteiger charge is -2.13. The van der Waals surface area contributed by atoms with Gasteiger partial charge in [-0.2, -0.15) is 0 Å². The molecule has 0 bridgehead atoms. The highest BCUT2D eigenvalue weighted by Crippen LogP contribution is 2.35. The van der Waals surface area contributed by atoms with Crippen molar-refractivity contribution in [2.75, 3.05) is 11.8 Å². The molecule has 0 spiro atoms. The molecule has 2 rings (SSSR count). The Hall–Kier alpha value is -2.13. The minimum absolute atomic E-state index is 0.101. The Balaban J connectivity index is 2.47. The molecule has 0 unspecified atom stereocenters. The fourth-order valence-electron chi connectivity index (χ4n) is 1.84. The van der Waals surface area contributed by atoms with Crippen molar-refractivity contribution in [2.45, 2.75) is 4.90 Å².